The Morgan fingerprint density at radius 2 is 1.96 bits per heavy atom. The minimum absolute atomic E-state index is 0.198. The van der Waals surface area contributed by atoms with Gasteiger partial charge in [-0.15, -0.1) is 0 Å². The molecule has 6 heteroatoms. The van der Waals surface area contributed by atoms with Crippen LogP contribution in [-0.2, 0) is 12.0 Å². The van der Waals surface area contributed by atoms with Gasteiger partial charge in [0, 0.05) is 17.8 Å². The van der Waals surface area contributed by atoms with Crippen LogP contribution in [0.1, 0.15) is 24.8 Å². The average Bonchev–Trinajstić information content (AvgIpc) is 3.12. The van der Waals surface area contributed by atoms with Crippen LogP contribution < -0.4 is 4.74 Å². The number of pyridine rings is 1. The van der Waals surface area contributed by atoms with Crippen LogP contribution in [-0.4, -0.2) is 27.3 Å². The number of methoxy groups -OCH3 is 1. The lowest BCUT2D eigenvalue weighted by Crippen LogP contribution is -2.22. The molecule has 0 radical (unpaired) electrons. The average molecular weight is 325 g/mol. The third-order valence-corrected chi connectivity index (χ3v) is 3.83. The fourth-order valence-electron chi connectivity index (χ4n) is 2.33. The van der Waals surface area contributed by atoms with E-state index in [1.807, 2.05) is 30.3 Å². The quantitative estimate of drug-likeness (QED) is 0.750. The van der Waals surface area contributed by atoms with Crippen molar-refractivity contribution in [3.8, 4) is 17.3 Å². The normalized spacial score (nSPS) is 13.5. The van der Waals surface area contributed by atoms with Gasteiger partial charge in [-0.25, -0.2) is 4.98 Å². The zero-order valence-electron chi connectivity index (χ0n) is 13.6. The van der Waals surface area contributed by atoms with E-state index in [-0.39, 0.29) is 5.89 Å². The standard InChI is InChI=1S/C18H19N3O3/c1-18(22,11-10-13-6-4-3-5-7-13)17-20-16(21-24-17)14-8-9-15(23-2)19-12-14/h3-9,12,22H,10-11H2,1-2H3. The Morgan fingerprint density at radius 3 is 2.62 bits per heavy atom. The Kier molecular flexibility index (Phi) is 4.57. The van der Waals surface area contributed by atoms with Gasteiger partial charge in [-0.1, -0.05) is 35.5 Å². The van der Waals surface area contributed by atoms with Crippen LogP contribution in [0.3, 0.4) is 0 Å². The van der Waals surface area contributed by atoms with Gasteiger partial charge in [-0.05, 0) is 31.4 Å². The van der Waals surface area contributed by atoms with Crippen molar-refractivity contribution >= 4 is 0 Å². The number of benzene rings is 1. The van der Waals surface area contributed by atoms with Gasteiger partial charge in [0.1, 0.15) is 5.60 Å². The molecule has 0 spiro atoms. The lowest BCUT2D eigenvalue weighted by atomic mass is 9.97. The summed E-state index contributed by atoms with van der Waals surface area (Å²) in [4.78, 5) is 8.43. The molecule has 0 amide bonds. The SMILES string of the molecule is COc1ccc(-c2noc(C(C)(O)CCc3ccccc3)n2)cn1. The Labute approximate surface area is 140 Å². The highest BCUT2D eigenvalue weighted by molar-refractivity contribution is 5.53. The van der Waals surface area contributed by atoms with Gasteiger partial charge >= 0.3 is 0 Å². The van der Waals surface area contributed by atoms with Gasteiger partial charge < -0.3 is 14.4 Å². The predicted octanol–water partition coefficient (Wildman–Crippen LogP) is 2.98. The predicted molar refractivity (Wildman–Crippen MR) is 88.4 cm³/mol. The van der Waals surface area contributed by atoms with E-state index in [9.17, 15) is 5.11 Å². The van der Waals surface area contributed by atoms with Crippen LogP contribution in [0.25, 0.3) is 11.4 Å². The van der Waals surface area contributed by atoms with E-state index in [2.05, 4.69) is 15.1 Å². The summed E-state index contributed by atoms with van der Waals surface area (Å²) in [5.74, 6) is 1.10. The van der Waals surface area contributed by atoms with Crippen LogP contribution in [0.2, 0.25) is 0 Å². The fraction of sp³-hybridized carbons (Fsp3) is 0.278. The number of rotatable bonds is 6. The molecule has 0 aliphatic heterocycles. The number of ether oxygens (including phenoxy) is 1. The first-order valence-electron chi connectivity index (χ1n) is 7.69. The molecule has 1 unspecified atom stereocenters. The van der Waals surface area contributed by atoms with E-state index in [0.29, 0.717) is 23.7 Å². The van der Waals surface area contributed by atoms with Crippen molar-refractivity contribution in [2.24, 2.45) is 0 Å². The number of aryl methyl sites for hydroxylation is 1. The van der Waals surface area contributed by atoms with Crippen molar-refractivity contribution in [1.82, 2.24) is 15.1 Å². The first kappa shape index (κ1) is 16.1. The van der Waals surface area contributed by atoms with E-state index in [0.717, 1.165) is 12.0 Å². The summed E-state index contributed by atoms with van der Waals surface area (Å²) in [7, 11) is 1.55. The second kappa shape index (κ2) is 6.80. The summed E-state index contributed by atoms with van der Waals surface area (Å²) < 4.78 is 10.3. The van der Waals surface area contributed by atoms with Crippen molar-refractivity contribution in [3.05, 3.63) is 60.1 Å². The van der Waals surface area contributed by atoms with Gasteiger partial charge in [0.05, 0.1) is 7.11 Å². The number of hydrogen-bond acceptors (Lipinski definition) is 6. The van der Waals surface area contributed by atoms with Gasteiger partial charge in [0.25, 0.3) is 5.89 Å². The third kappa shape index (κ3) is 3.60. The molecule has 2 aromatic heterocycles. The second-order valence-corrected chi connectivity index (χ2v) is 5.77. The Bertz CT molecular complexity index is 783. The Morgan fingerprint density at radius 1 is 1.17 bits per heavy atom. The smallest absolute Gasteiger partial charge is 0.258 e. The molecule has 0 saturated carbocycles. The first-order valence-corrected chi connectivity index (χ1v) is 7.69. The molecule has 0 aliphatic rings. The molecule has 3 aromatic rings. The van der Waals surface area contributed by atoms with Crippen molar-refractivity contribution in [2.75, 3.05) is 7.11 Å². The minimum Gasteiger partial charge on any atom is -0.481 e. The monoisotopic (exact) mass is 325 g/mol. The third-order valence-electron chi connectivity index (χ3n) is 3.83. The molecule has 0 bridgehead atoms. The lowest BCUT2D eigenvalue weighted by Gasteiger charge is -2.18. The van der Waals surface area contributed by atoms with Crippen molar-refractivity contribution < 1.29 is 14.4 Å². The van der Waals surface area contributed by atoms with Crippen molar-refractivity contribution in [1.29, 1.82) is 0 Å². The van der Waals surface area contributed by atoms with E-state index >= 15 is 0 Å². The van der Waals surface area contributed by atoms with Crippen LogP contribution in [0.5, 0.6) is 5.88 Å². The highest BCUT2D eigenvalue weighted by Gasteiger charge is 2.30. The van der Waals surface area contributed by atoms with E-state index in [1.54, 1.807) is 32.4 Å². The number of hydrogen-bond donors (Lipinski definition) is 1. The summed E-state index contributed by atoms with van der Waals surface area (Å²) in [6.45, 7) is 1.68. The maximum atomic E-state index is 10.7. The summed E-state index contributed by atoms with van der Waals surface area (Å²) in [5, 5.41) is 14.6. The largest absolute Gasteiger partial charge is 0.481 e. The molecule has 1 aromatic carbocycles. The molecule has 24 heavy (non-hydrogen) atoms. The summed E-state index contributed by atoms with van der Waals surface area (Å²) in [6.07, 6.45) is 2.81. The zero-order chi connectivity index (χ0) is 17.0. The first-order chi connectivity index (χ1) is 11.6. The van der Waals surface area contributed by atoms with Crippen molar-refractivity contribution in [2.45, 2.75) is 25.4 Å². The van der Waals surface area contributed by atoms with Gasteiger partial charge in [0.2, 0.25) is 11.7 Å². The zero-order valence-corrected chi connectivity index (χ0v) is 13.6. The summed E-state index contributed by atoms with van der Waals surface area (Å²) >= 11 is 0. The van der Waals surface area contributed by atoms with Gasteiger partial charge in [-0.3, -0.25) is 0 Å². The van der Waals surface area contributed by atoms with Crippen LogP contribution in [0.4, 0.5) is 0 Å². The molecule has 2 heterocycles. The van der Waals surface area contributed by atoms with E-state index in [4.69, 9.17) is 9.26 Å². The molecular formula is C18H19N3O3. The second-order valence-electron chi connectivity index (χ2n) is 5.77. The van der Waals surface area contributed by atoms with Crippen molar-refractivity contribution in [3.63, 3.8) is 0 Å². The van der Waals surface area contributed by atoms with E-state index < -0.39 is 5.60 Å². The maximum Gasteiger partial charge on any atom is 0.258 e. The molecule has 1 atom stereocenters. The van der Waals surface area contributed by atoms with Gasteiger partial charge in [-0.2, -0.15) is 4.98 Å². The van der Waals surface area contributed by atoms with Crippen LogP contribution in [0.15, 0.2) is 53.2 Å². The van der Waals surface area contributed by atoms with E-state index in [1.165, 1.54) is 0 Å². The fourth-order valence-corrected chi connectivity index (χ4v) is 2.33. The molecule has 6 nitrogen and oxygen atoms in total. The highest BCUT2D eigenvalue weighted by atomic mass is 16.5. The molecule has 0 fully saturated rings. The molecule has 0 saturated heterocycles. The summed E-state index contributed by atoms with van der Waals surface area (Å²) in [6, 6.07) is 13.5. The maximum absolute atomic E-state index is 10.7. The highest BCUT2D eigenvalue weighted by Crippen LogP contribution is 2.27. The molecule has 124 valence electrons. The molecular weight excluding hydrogens is 306 g/mol. The van der Waals surface area contributed by atoms with Gasteiger partial charge in [0.15, 0.2) is 0 Å². The number of aliphatic hydroxyl groups is 1. The minimum atomic E-state index is -1.19. The Balaban J connectivity index is 1.73. The number of aromatic nitrogens is 3. The lowest BCUT2D eigenvalue weighted by molar-refractivity contribution is 0.0147. The summed E-state index contributed by atoms with van der Waals surface area (Å²) in [5.41, 5.74) is 0.655. The molecule has 1 N–H and O–H groups in total. The topological polar surface area (TPSA) is 81.3 Å². The number of nitrogens with zero attached hydrogens (tertiary/aromatic N) is 3. The molecule has 3 rings (SSSR count). The van der Waals surface area contributed by atoms with Crippen LogP contribution in [0, 0.1) is 0 Å². The van der Waals surface area contributed by atoms with Crippen LogP contribution >= 0.6 is 0 Å². The Hall–Kier alpha value is -2.73. The molecule has 0 aliphatic carbocycles.